The summed E-state index contributed by atoms with van der Waals surface area (Å²) >= 11 is 0. The smallest absolute Gasteiger partial charge is 0.267 e. The number of nitrogens with one attached hydrogen (secondary N) is 1. The van der Waals surface area contributed by atoms with Crippen molar-refractivity contribution in [1.29, 1.82) is 0 Å². The summed E-state index contributed by atoms with van der Waals surface area (Å²) in [6, 6.07) is 0. The first-order valence-electron chi connectivity index (χ1n) is 2.86. The summed E-state index contributed by atoms with van der Waals surface area (Å²) < 4.78 is 0. The highest BCUT2D eigenvalue weighted by Gasteiger charge is 1.96. The Morgan fingerprint density at radius 1 is 1.40 bits per heavy atom. The standard InChI is InChI=1S/C6H8N2O2/c1-3-4(2)6(10)8-7-5(3)9/h1-2H3,(H,7,9)(H,8,10)/p-1. The van der Waals surface area contributed by atoms with Gasteiger partial charge in [0.1, 0.15) is 0 Å². The van der Waals surface area contributed by atoms with Crippen LogP contribution in [0.4, 0.5) is 0 Å². The van der Waals surface area contributed by atoms with Gasteiger partial charge < -0.3 is 5.11 Å². The fraction of sp³-hybridized carbons (Fsp3) is 0.333. The third kappa shape index (κ3) is 0.877. The second kappa shape index (κ2) is 2.13. The molecule has 0 amide bonds. The molecule has 1 rings (SSSR count). The predicted octanol–water partition coefficient (Wildman–Crippen LogP) is -0.540. The molecule has 1 aromatic heterocycles. The number of hydrogen-bond donors (Lipinski definition) is 1. The van der Waals surface area contributed by atoms with Crippen molar-refractivity contribution in [2.45, 2.75) is 13.8 Å². The molecule has 4 nitrogen and oxygen atoms in total. The van der Waals surface area contributed by atoms with E-state index < -0.39 is 0 Å². The van der Waals surface area contributed by atoms with E-state index in [-0.39, 0.29) is 11.4 Å². The van der Waals surface area contributed by atoms with Gasteiger partial charge in [-0.05, 0) is 19.4 Å². The maximum atomic E-state index is 10.7. The van der Waals surface area contributed by atoms with Crippen molar-refractivity contribution >= 4 is 0 Å². The molecule has 0 aromatic carbocycles. The molecule has 0 aliphatic rings. The van der Waals surface area contributed by atoms with Crippen molar-refractivity contribution in [2.75, 3.05) is 0 Å². The van der Waals surface area contributed by atoms with Crippen LogP contribution in [0.3, 0.4) is 0 Å². The molecule has 0 aliphatic carbocycles. The van der Waals surface area contributed by atoms with Gasteiger partial charge >= 0.3 is 0 Å². The minimum atomic E-state index is -0.364. The monoisotopic (exact) mass is 139 g/mol. The van der Waals surface area contributed by atoms with Crippen molar-refractivity contribution in [3.8, 4) is 5.88 Å². The maximum absolute atomic E-state index is 10.7. The van der Waals surface area contributed by atoms with Gasteiger partial charge in [0.15, 0.2) is 0 Å². The molecule has 0 atom stereocenters. The molecule has 1 aromatic rings. The van der Waals surface area contributed by atoms with Gasteiger partial charge in [-0.3, -0.25) is 4.79 Å². The molecule has 0 aliphatic heterocycles. The Balaban J connectivity index is 3.49. The minimum Gasteiger partial charge on any atom is -0.857 e. The van der Waals surface area contributed by atoms with Crippen LogP contribution in [0.25, 0.3) is 0 Å². The van der Waals surface area contributed by atoms with Crippen LogP contribution >= 0.6 is 0 Å². The van der Waals surface area contributed by atoms with Crippen LogP contribution in [0.2, 0.25) is 0 Å². The van der Waals surface area contributed by atoms with Crippen molar-refractivity contribution in [3.05, 3.63) is 21.5 Å². The first-order chi connectivity index (χ1) is 4.63. The first kappa shape index (κ1) is 6.80. The van der Waals surface area contributed by atoms with Gasteiger partial charge in [-0.15, -0.1) is 0 Å². The van der Waals surface area contributed by atoms with Gasteiger partial charge in [0.05, 0.1) is 0 Å². The van der Waals surface area contributed by atoms with Gasteiger partial charge in [0.25, 0.3) is 5.56 Å². The van der Waals surface area contributed by atoms with Crippen LogP contribution in [0.15, 0.2) is 4.79 Å². The Hall–Kier alpha value is -1.32. The van der Waals surface area contributed by atoms with E-state index >= 15 is 0 Å². The lowest BCUT2D eigenvalue weighted by atomic mass is 10.2. The van der Waals surface area contributed by atoms with Crippen molar-refractivity contribution in [2.24, 2.45) is 0 Å². The lowest BCUT2D eigenvalue weighted by molar-refractivity contribution is -0.277. The Labute approximate surface area is 57.5 Å². The highest BCUT2D eigenvalue weighted by atomic mass is 16.3. The van der Waals surface area contributed by atoms with Gasteiger partial charge in [0.2, 0.25) is 0 Å². The Kier molecular flexibility index (Phi) is 1.45. The molecular weight excluding hydrogens is 132 g/mol. The topological polar surface area (TPSA) is 68.8 Å². The number of hydrogen-bond acceptors (Lipinski definition) is 3. The largest absolute Gasteiger partial charge is 0.857 e. The summed E-state index contributed by atoms with van der Waals surface area (Å²) in [6.07, 6.45) is 0. The maximum Gasteiger partial charge on any atom is 0.267 e. The first-order valence-corrected chi connectivity index (χ1v) is 2.86. The Bertz CT molecular complexity index is 303. The van der Waals surface area contributed by atoms with E-state index in [1.807, 2.05) is 0 Å². The van der Waals surface area contributed by atoms with Gasteiger partial charge in [-0.2, -0.15) is 5.10 Å². The number of nitrogens with zero attached hydrogens (tertiary/aromatic N) is 1. The van der Waals surface area contributed by atoms with Crippen LogP contribution in [0.5, 0.6) is 5.88 Å². The van der Waals surface area contributed by atoms with Gasteiger partial charge in [-0.1, -0.05) is 0 Å². The normalized spacial score (nSPS) is 9.80. The average molecular weight is 139 g/mol. The van der Waals surface area contributed by atoms with Crippen LogP contribution in [-0.4, -0.2) is 10.2 Å². The summed E-state index contributed by atoms with van der Waals surface area (Å²) in [5, 5.41) is 16.0. The lowest BCUT2D eigenvalue weighted by Gasteiger charge is -2.07. The van der Waals surface area contributed by atoms with Crippen LogP contribution in [-0.2, 0) is 0 Å². The van der Waals surface area contributed by atoms with E-state index in [2.05, 4.69) is 10.2 Å². The SMILES string of the molecule is Cc1c([O-])n[nH]c(=O)c1C. The van der Waals surface area contributed by atoms with Crippen molar-refractivity contribution in [1.82, 2.24) is 10.2 Å². The fourth-order valence-corrected chi connectivity index (χ4v) is 0.600. The Morgan fingerprint density at radius 3 is 2.50 bits per heavy atom. The van der Waals surface area contributed by atoms with Crippen LogP contribution < -0.4 is 10.7 Å². The number of rotatable bonds is 0. The molecule has 0 radical (unpaired) electrons. The molecular formula is C6H7N2O2-. The zero-order chi connectivity index (χ0) is 7.72. The van der Waals surface area contributed by atoms with E-state index in [4.69, 9.17) is 0 Å². The third-order valence-electron chi connectivity index (χ3n) is 1.48. The third-order valence-corrected chi connectivity index (χ3v) is 1.48. The zero-order valence-corrected chi connectivity index (χ0v) is 5.76. The molecule has 1 heterocycles. The number of aromatic amines is 1. The molecule has 54 valence electrons. The summed E-state index contributed by atoms with van der Waals surface area (Å²) in [5.74, 6) is -0.364. The van der Waals surface area contributed by atoms with Crippen molar-refractivity contribution in [3.63, 3.8) is 0 Å². The predicted molar refractivity (Wildman–Crippen MR) is 33.8 cm³/mol. The van der Waals surface area contributed by atoms with E-state index in [1.165, 1.54) is 0 Å². The van der Waals surface area contributed by atoms with Gasteiger partial charge in [-0.25, -0.2) is 5.10 Å². The van der Waals surface area contributed by atoms with E-state index in [0.717, 1.165) is 0 Å². The molecule has 1 N–H and O–H groups in total. The number of aromatic nitrogens is 2. The molecule has 10 heavy (non-hydrogen) atoms. The quantitative estimate of drug-likeness (QED) is 0.524. The van der Waals surface area contributed by atoms with E-state index in [0.29, 0.717) is 11.1 Å². The summed E-state index contributed by atoms with van der Waals surface area (Å²) in [6.45, 7) is 3.18. The molecule has 4 heteroatoms. The molecule has 0 spiro atoms. The van der Waals surface area contributed by atoms with E-state index in [1.54, 1.807) is 13.8 Å². The molecule has 0 unspecified atom stereocenters. The summed E-state index contributed by atoms with van der Waals surface area (Å²) in [4.78, 5) is 10.7. The molecule has 0 bridgehead atoms. The highest BCUT2D eigenvalue weighted by molar-refractivity contribution is 5.27. The molecule has 0 fully saturated rings. The second-order valence-electron chi connectivity index (χ2n) is 2.11. The fourth-order valence-electron chi connectivity index (χ4n) is 0.600. The minimum absolute atomic E-state index is 0.294. The van der Waals surface area contributed by atoms with Crippen LogP contribution in [0.1, 0.15) is 11.1 Å². The lowest BCUT2D eigenvalue weighted by Crippen LogP contribution is -2.15. The summed E-state index contributed by atoms with van der Waals surface area (Å²) in [5.41, 5.74) is 0.570. The highest BCUT2D eigenvalue weighted by Crippen LogP contribution is 2.06. The van der Waals surface area contributed by atoms with E-state index in [9.17, 15) is 9.90 Å². The van der Waals surface area contributed by atoms with Gasteiger partial charge in [0, 0.05) is 11.4 Å². The summed E-state index contributed by atoms with van der Waals surface area (Å²) in [7, 11) is 0. The molecule has 0 saturated heterocycles. The van der Waals surface area contributed by atoms with Crippen molar-refractivity contribution < 1.29 is 5.11 Å². The second-order valence-corrected chi connectivity index (χ2v) is 2.11. The average Bonchev–Trinajstić information content (AvgIpc) is 1.93. The molecule has 0 saturated carbocycles. The zero-order valence-electron chi connectivity index (χ0n) is 5.76. The number of H-pyrrole nitrogens is 1. The van der Waals surface area contributed by atoms with Crippen LogP contribution in [0, 0.1) is 13.8 Å². The Morgan fingerprint density at radius 2 is 2.00 bits per heavy atom.